The summed E-state index contributed by atoms with van der Waals surface area (Å²) in [6.45, 7) is 2.18. The summed E-state index contributed by atoms with van der Waals surface area (Å²) in [7, 11) is -0.276. The van der Waals surface area contributed by atoms with Gasteiger partial charge in [-0.15, -0.1) is 0 Å². The van der Waals surface area contributed by atoms with Gasteiger partial charge in [0.25, 0.3) is 0 Å². The zero-order valence-electron chi connectivity index (χ0n) is 11.7. The van der Waals surface area contributed by atoms with Crippen molar-refractivity contribution in [2.75, 3.05) is 5.75 Å². The van der Waals surface area contributed by atoms with Crippen molar-refractivity contribution >= 4 is 10.9 Å². The van der Waals surface area contributed by atoms with E-state index in [9.17, 15) is 10.2 Å². The van der Waals surface area contributed by atoms with Crippen LogP contribution in [0.5, 0.6) is 11.5 Å². The van der Waals surface area contributed by atoms with Crippen molar-refractivity contribution in [3.8, 4) is 11.5 Å². The van der Waals surface area contributed by atoms with Gasteiger partial charge in [0.15, 0.2) is 11.5 Å². The Morgan fingerprint density at radius 2 is 1.30 bits per heavy atom. The van der Waals surface area contributed by atoms with Crippen molar-refractivity contribution in [1.29, 1.82) is 0 Å². The largest absolute Gasteiger partial charge is 0.503 e. The van der Waals surface area contributed by atoms with Gasteiger partial charge in [-0.2, -0.15) is 0 Å². The topological polar surface area (TPSA) is 40.5 Å². The quantitative estimate of drug-likeness (QED) is 0.614. The van der Waals surface area contributed by atoms with Gasteiger partial charge >= 0.3 is 0 Å². The van der Waals surface area contributed by atoms with Gasteiger partial charge in [0, 0.05) is 0 Å². The Labute approximate surface area is 123 Å². The van der Waals surface area contributed by atoms with Gasteiger partial charge in [0.1, 0.15) is 5.75 Å². The standard InChI is InChI=1S/C17H20O2S/c1-2-3-8-13-20(16-11-6-4-9-14(16)18)17-12-7-5-10-15(17)19/h4-7,9-12H,2-3,8,13H2,1H3,(H-,18,19)/p+1. The van der Waals surface area contributed by atoms with E-state index in [-0.39, 0.29) is 10.9 Å². The molecule has 2 N–H and O–H groups in total. The van der Waals surface area contributed by atoms with E-state index in [0.717, 1.165) is 22.0 Å². The van der Waals surface area contributed by atoms with Gasteiger partial charge in [-0.25, -0.2) is 0 Å². The Balaban J connectivity index is 2.35. The molecule has 0 aromatic heterocycles. The predicted octanol–water partition coefficient (Wildman–Crippen LogP) is 4.32. The molecule has 2 aromatic carbocycles. The minimum atomic E-state index is -0.276. The Hall–Kier alpha value is -1.61. The van der Waals surface area contributed by atoms with Crippen LogP contribution in [-0.4, -0.2) is 16.0 Å². The number of unbranched alkanes of at least 4 members (excludes halogenated alkanes) is 2. The summed E-state index contributed by atoms with van der Waals surface area (Å²) in [5, 5.41) is 20.2. The summed E-state index contributed by atoms with van der Waals surface area (Å²) in [4.78, 5) is 1.84. The van der Waals surface area contributed by atoms with E-state index in [1.807, 2.05) is 36.4 Å². The number of benzene rings is 2. The summed E-state index contributed by atoms with van der Waals surface area (Å²) in [6, 6.07) is 14.9. The fourth-order valence-electron chi connectivity index (χ4n) is 2.17. The Bertz CT molecular complexity index is 509. The molecular formula is C17H21O2S+. The lowest BCUT2D eigenvalue weighted by Gasteiger charge is -2.10. The molecule has 2 nitrogen and oxygen atoms in total. The molecule has 0 spiro atoms. The number of hydrogen-bond donors (Lipinski definition) is 2. The summed E-state index contributed by atoms with van der Waals surface area (Å²) < 4.78 is 0. The highest BCUT2D eigenvalue weighted by molar-refractivity contribution is 7.97. The molecule has 0 aliphatic carbocycles. The molecule has 0 amide bonds. The number of rotatable bonds is 6. The second-order valence-electron chi connectivity index (χ2n) is 4.74. The summed E-state index contributed by atoms with van der Waals surface area (Å²) >= 11 is 0. The van der Waals surface area contributed by atoms with E-state index < -0.39 is 0 Å². The summed E-state index contributed by atoms with van der Waals surface area (Å²) in [5.74, 6) is 1.59. The smallest absolute Gasteiger partial charge is 0.202 e. The Morgan fingerprint density at radius 3 is 1.75 bits per heavy atom. The number of para-hydroxylation sites is 2. The van der Waals surface area contributed by atoms with Crippen LogP contribution in [0.1, 0.15) is 26.2 Å². The van der Waals surface area contributed by atoms with Gasteiger partial charge < -0.3 is 10.2 Å². The first-order valence-corrected chi connectivity index (χ1v) is 8.40. The minimum absolute atomic E-state index is 0.276. The molecular weight excluding hydrogens is 268 g/mol. The average Bonchev–Trinajstić information content (AvgIpc) is 2.46. The van der Waals surface area contributed by atoms with E-state index in [1.165, 1.54) is 12.8 Å². The molecule has 0 heterocycles. The zero-order valence-corrected chi connectivity index (χ0v) is 12.6. The number of hydrogen-bond acceptors (Lipinski definition) is 2. The highest BCUT2D eigenvalue weighted by Crippen LogP contribution is 2.35. The number of phenolic OH excluding ortho intramolecular Hbond substituents is 2. The molecule has 0 atom stereocenters. The van der Waals surface area contributed by atoms with E-state index in [0.29, 0.717) is 11.5 Å². The lowest BCUT2D eigenvalue weighted by atomic mass is 10.3. The minimum Gasteiger partial charge on any atom is -0.503 e. The van der Waals surface area contributed by atoms with E-state index in [2.05, 4.69) is 6.92 Å². The van der Waals surface area contributed by atoms with Crippen LogP contribution in [0.15, 0.2) is 58.3 Å². The fraction of sp³-hybridized carbons (Fsp3) is 0.294. The number of phenols is 2. The van der Waals surface area contributed by atoms with Crippen LogP contribution >= 0.6 is 0 Å². The monoisotopic (exact) mass is 289 g/mol. The van der Waals surface area contributed by atoms with Crippen molar-refractivity contribution in [3.05, 3.63) is 48.5 Å². The molecule has 0 aliphatic heterocycles. The highest BCUT2D eigenvalue weighted by atomic mass is 32.2. The molecule has 3 heteroatoms. The van der Waals surface area contributed by atoms with Gasteiger partial charge in [-0.05, 0) is 37.1 Å². The second kappa shape index (κ2) is 7.25. The van der Waals surface area contributed by atoms with Gasteiger partial charge in [-0.1, -0.05) is 37.6 Å². The van der Waals surface area contributed by atoms with Gasteiger partial charge in [0.05, 0.1) is 10.9 Å². The highest BCUT2D eigenvalue weighted by Gasteiger charge is 2.30. The maximum Gasteiger partial charge on any atom is 0.202 e. The van der Waals surface area contributed by atoms with Crippen molar-refractivity contribution in [3.63, 3.8) is 0 Å². The maximum atomic E-state index is 10.1. The van der Waals surface area contributed by atoms with Crippen molar-refractivity contribution in [1.82, 2.24) is 0 Å². The van der Waals surface area contributed by atoms with E-state index in [4.69, 9.17) is 0 Å². The molecule has 0 saturated carbocycles. The Kier molecular flexibility index (Phi) is 5.36. The van der Waals surface area contributed by atoms with Crippen LogP contribution in [0, 0.1) is 0 Å². The summed E-state index contributed by atoms with van der Waals surface area (Å²) in [5.41, 5.74) is 0. The van der Waals surface area contributed by atoms with Crippen LogP contribution in [0.25, 0.3) is 0 Å². The lowest BCUT2D eigenvalue weighted by Crippen LogP contribution is -2.09. The first-order chi connectivity index (χ1) is 9.74. The first kappa shape index (κ1) is 14.8. The van der Waals surface area contributed by atoms with E-state index >= 15 is 0 Å². The van der Waals surface area contributed by atoms with Gasteiger partial charge in [-0.3, -0.25) is 0 Å². The van der Waals surface area contributed by atoms with Crippen molar-refractivity contribution in [2.45, 2.75) is 36.0 Å². The summed E-state index contributed by atoms with van der Waals surface area (Å²) in [6.07, 6.45) is 3.44. The molecule has 0 saturated heterocycles. The third-order valence-corrected chi connectivity index (χ3v) is 5.66. The van der Waals surface area contributed by atoms with Crippen LogP contribution in [0.3, 0.4) is 0 Å². The molecule has 0 aliphatic rings. The zero-order chi connectivity index (χ0) is 14.4. The first-order valence-electron chi connectivity index (χ1n) is 7.01. The lowest BCUT2D eigenvalue weighted by molar-refractivity contribution is 0.459. The number of aromatic hydroxyl groups is 2. The molecule has 106 valence electrons. The molecule has 2 rings (SSSR count). The fourth-order valence-corrected chi connectivity index (χ4v) is 4.46. The van der Waals surface area contributed by atoms with E-state index in [1.54, 1.807) is 12.1 Å². The predicted molar refractivity (Wildman–Crippen MR) is 84.5 cm³/mol. The molecule has 0 unspecified atom stereocenters. The molecule has 0 radical (unpaired) electrons. The van der Waals surface area contributed by atoms with Crippen molar-refractivity contribution in [2.24, 2.45) is 0 Å². The van der Waals surface area contributed by atoms with Crippen LogP contribution in [0.2, 0.25) is 0 Å². The average molecular weight is 289 g/mol. The van der Waals surface area contributed by atoms with Crippen molar-refractivity contribution < 1.29 is 10.2 Å². The molecule has 0 fully saturated rings. The Morgan fingerprint density at radius 1 is 0.800 bits per heavy atom. The molecule has 0 bridgehead atoms. The third kappa shape index (κ3) is 3.48. The SMILES string of the molecule is CCCCC[S+](c1ccccc1O)c1ccccc1O. The van der Waals surface area contributed by atoms with Crippen LogP contribution < -0.4 is 0 Å². The van der Waals surface area contributed by atoms with Gasteiger partial charge in [0.2, 0.25) is 9.79 Å². The second-order valence-corrected chi connectivity index (χ2v) is 6.81. The maximum absolute atomic E-state index is 10.1. The van der Waals surface area contributed by atoms with Crippen LogP contribution in [0.4, 0.5) is 0 Å². The van der Waals surface area contributed by atoms with Crippen LogP contribution in [-0.2, 0) is 10.9 Å². The third-order valence-electron chi connectivity index (χ3n) is 3.21. The molecule has 20 heavy (non-hydrogen) atoms. The normalized spacial score (nSPS) is 10.9. The molecule has 2 aromatic rings.